The quantitative estimate of drug-likeness (QED) is 0.540. The monoisotopic (exact) mass is 322 g/mol. The maximum Gasteiger partial charge on any atom is 0.121 e. The van der Waals surface area contributed by atoms with E-state index in [1.165, 1.54) is 0 Å². The first kappa shape index (κ1) is 19.0. The van der Waals surface area contributed by atoms with Crippen LogP contribution in [-0.4, -0.2) is 34.4 Å². The maximum absolute atomic E-state index is 4.07. The highest BCUT2D eigenvalue weighted by molar-refractivity contribution is 7.60. The van der Waals surface area contributed by atoms with Crippen molar-refractivity contribution < 1.29 is 0 Å². The van der Waals surface area contributed by atoms with Crippen LogP contribution in [0.25, 0.3) is 0 Å². The highest BCUT2D eigenvalue weighted by Crippen LogP contribution is 2.49. The molecule has 2 nitrogen and oxygen atoms in total. The van der Waals surface area contributed by atoms with E-state index < -0.39 is 24.7 Å². The van der Waals surface area contributed by atoms with E-state index in [1.807, 2.05) is 0 Å². The first-order chi connectivity index (χ1) is 7.66. The molecular weight excluding hydrogens is 287 g/mol. The SMILES string of the molecule is CC(C)P(N[Si](C)(C)C)N([Si](C)(C)C)[Si](C)(C)C. The molecule has 110 valence electrons. The lowest BCUT2D eigenvalue weighted by molar-refractivity contribution is 0.904. The van der Waals surface area contributed by atoms with Crippen LogP contribution in [0.15, 0.2) is 0 Å². The molecule has 0 spiro atoms. The predicted molar refractivity (Wildman–Crippen MR) is 97.1 cm³/mol. The molecule has 18 heavy (non-hydrogen) atoms. The molecule has 0 aliphatic carbocycles. The van der Waals surface area contributed by atoms with Crippen LogP contribution in [0.1, 0.15) is 13.8 Å². The lowest BCUT2D eigenvalue weighted by Gasteiger charge is -2.51. The summed E-state index contributed by atoms with van der Waals surface area (Å²) in [4.78, 5) is 0. The van der Waals surface area contributed by atoms with Crippen LogP contribution in [0, 0.1) is 0 Å². The molecule has 0 radical (unpaired) electrons. The Bertz CT molecular complexity index is 250. The third-order valence-electron chi connectivity index (χ3n) is 2.43. The zero-order valence-corrected chi connectivity index (χ0v) is 18.4. The smallest absolute Gasteiger partial charge is 0.121 e. The van der Waals surface area contributed by atoms with Gasteiger partial charge < -0.3 is 8.75 Å². The zero-order valence-electron chi connectivity index (χ0n) is 14.5. The Morgan fingerprint density at radius 2 is 1.11 bits per heavy atom. The molecule has 0 aromatic rings. The van der Waals surface area contributed by atoms with E-state index in [-0.39, 0.29) is 8.22 Å². The molecule has 0 bridgehead atoms. The molecule has 0 aliphatic heterocycles. The first-order valence-corrected chi connectivity index (χ1v) is 18.8. The fourth-order valence-corrected chi connectivity index (χ4v) is 22.6. The second-order valence-corrected chi connectivity index (χ2v) is 26.7. The third-order valence-corrected chi connectivity index (χ3v) is 18.9. The molecule has 1 unspecified atom stereocenters. The van der Waals surface area contributed by atoms with E-state index in [2.05, 4.69) is 81.5 Å². The van der Waals surface area contributed by atoms with Crippen molar-refractivity contribution in [2.75, 3.05) is 0 Å². The number of nitrogens with one attached hydrogen (secondary N) is 1. The summed E-state index contributed by atoms with van der Waals surface area (Å²) in [6, 6.07) is 0. The Balaban J connectivity index is 5.39. The van der Waals surface area contributed by atoms with Crippen molar-refractivity contribution >= 4 is 32.9 Å². The molecule has 0 aliphatic rings. The Labute approximate surface area is 120 Å². The van der Waals surface area contributed by atoms with Crippen molar-refractivity contribution in [1.82, 2.24) is 8.75 Å². The van der Waals surface area contributed by atoms with Gasteiger partial charge in [0.2, 0.25) is 0 Å². The molecule has 0 saturated heterocycles. The molecule has 1 atom stereocenters. The summed E-state index contributed by atoms with van der Waals surface area (Å²) in [7, 11) is -3.93. The summed E-state index contributed by atoms with van der Waals surface area (Å²) in [6.07, 6.45) is 0. The number of nitrogens with zero attached hydrogens (tertiary/aromatic N) is 1. The Morgan fingerprint density at radius 3 is 1.28 bits per heavy atom. The van der Waals surface area contributed by atoms with E-state index in [9.17, 15) is 0 Å². The average molecular weight is 323 g/mol. The van der Waals surface area contributed by atoms with Gasteiger partial charge >= 0.3 is 0 Å². The van der Waals surface area contributed by atoms with Crippen molar-refractivity contribution in [3.05, 3.63) is 0 Å². The summed E-state index contributed by atoms with van der Waals surface area (Å²) >= 11 is 0. The fourth-order valence-electron chi connectivity index (χ4n) is 2.41. The highest BCUT2D eigenvalue weighted by Gasteiger charge is 2.41. The Morgan fingerprint density at radius 1 is 0.778 bits per heavy atom. The topological polar surface area (TPSA) is 15.3 Å². The lowest BCUT2D eigenvalue weighted by Crippen LogP contribution is -2.59. The number of hydrogen-bond acceptors (Lipinski definition) is 2. The van der Waals surface area contributed by atoms with Gasteiger partial charge in [0.05, 0.1) is 0 Å². The normalized spacial score (nSPS) is 16.5. The summed E-state index contributed by atoms with van der Waals surface area (Å²) < 4.78 is 7.05. The van der Waals surface area contributed by atoms with E-state index in [0.717, 1.165) is 5.66 Å². The predicted octanol–water partition coefficient (Wildman–Crippen LogP) is 5.10. The van der Waals surface area contributed by atoms with Gasteiger partial charge in [-0.3, -0.25) is 0 Å². The first-order valence-electron chi connectivity index (χ1n) is 7.03. The lowest BCUT2D eigenvalue weighted by atomic mass is 10.6. The van der Waals surface area contributed by atoms with Crippen LogP contribution in [0.3, 0.4) is 0 Å². The van der Waals surface area contributed by atoms with Crippen LogP contribution in [-0.2, 0) is 0 Å². The van der Waals surface area contributed by atoms with Crippen molar-refractivity contribution in [2.45, 2.75) is 78.4 Å². The van der Waals surface area contributed by atoms with Crippen LogP contribution in [0.2, 0.25) is 58.9 Å². The Kier molecular flexibility index (Phi) is 6.53. The minimum atomic E-state index is -1.26. The average Bonchev–Trinajstić information content (AvgIpc) is 1.93. The van der Waals surface area contributed by atoms with Crippen LogP contribution in [0.4, 0.5) is 0 Å². The van der Waals surface area contributed by atoms with Crippen molar-refractivity contribution in [1.29, 1.82) is 0 Å². The molecule has 6 heteroatoms. The Hall–Kier alpha value is 1.00. The molecule has 0 saturated carbocycles. The zero-order chi connectivity index (χ0) is 14.9. The van der Waals surface area contributed by atoms with Crippen LogP contribution < -0.4 is 4.75 Å². The summed E-state index contributed by atoms with van der Waals surface area (Å²) in [5.41, 5.74) is 0.741. The van der Waals surface area contributed by atoms with Gasteiger partial charge in [-0.05, 0) is 5.66 Å². The van der Waals surface area contributed by atoms with Gasteiger partial charge in [0.25, 0.3) is 0 Å². The minimum absolute atomic E-state index is 0.179. The fraction of sp³-hybridized carbons (Fsp3) is 1.00. The van der Waals surface area contributed by atoms with Crippen molar-refractivity contribution in [2.24, 2.45) is 0 Å². The van der Waals surface area contributed by atoms with Crippen molar-refractivity contribution in [3.8, 4) is 0 Å². The molecule has 0 heterocycles. The molecule has 1 N–H and O–H groups in total. The molecule has 0 aromatic carbocycles. The summed E-state index contributed by atoms with van der Waals surface area (Å²) in [5, 5.41) is 0. The maximum atomic E-state index is 4.07. The molecule has 0 fully saturated rings. The molecule has 0 aromatic heterocycles. The van der Waals surface area contributed by atoms with Crippen LogP contribution in [0.5, 0.6) is 0 Å². The second kappa shape index (κ2) is 6.19. The minimum Gasteiger partial charge on any atom is -0.313 e. The molecule has 0 rings (SSSR count). The van der Waals surface area contributed by atoms with E-state index in [0.29, 0.717) is 0 Å². The third kappa shape index (κ3) is 6.44. The van der Waals surface area contributed by atoms with Gasteiger partial charge in [-0.2, -0.15) is 0 Å². The molecule has 0 amide bonds. The largest absolute Gasteiger partial charge is 0.313 e. The van der Waals surface area contributed by atoms with Crippen LogP contribution >= 0.6 is 8.22 Å². The van der Waals surface area contributed by atoms with E-state index >= 15 is 0 Å². The van der Waals surface area contributed by atoms with Gasteiger partial charge in [-0.25, -0.2) is 0 Å². The van der Waals surface area contributed by atoms with E-state index in [4.69, 9.17) is 0 Å². The highest BCUT2D eigenvalue weighted by atomic mass is 31.1. The second-order valence-electron chi connectivity index (χ2n) is 8.45. The van der Waals surface area contributed by atoms with E-state index in [1.54, 1.807) is 0 Å². The number of hydrogen-bond donors (Lipinski definition) is 1. The summed E-state index contributed by atoms with van der Waals surface area (Å²) in [6.45, 7) is 27.1. The molecular formula is C12H35N2PSi3. The van der Waals surface area contributed by atoms with Gasteiger partial charge in [0, 0.05) is 8.22 Å². The van der Waals surface area contributed by atoms with Gasteiger partial charge in [0.1, 0.15) is 24.7 Å². The standard InChI is InChI=1S/C12H35N2PSi3/c1-12(2)15(13-16(3,4)5)14(17(6,7)8)18(9,10)11/h12-13H,1-11H3. The number of rotatable bonds is 6. The van der Waals surface area contributed by atoms with Gasteiger partial charge in [-0.15, -0.1) is 0 Å². The summed E-state index contributed by atoms with van der Waals surface area (Å²) in [5.74, 6) is 0. The van der Waals surface area contributed by atoms with Gasteiger partial charge in [-0.1, -0.05) is 72.8 Å². The van der Waals surface area contributed by atoms with Gasteiger partial charge in [0.15, 0.2) is 0 Å². The van der Waals surface area contributed by atoms with Crippen molar-refractivity contribution in [3.63, 3.8) is 0 Å².